The van der Waals surface area contributed by atoms with E-state index in [-0.39, 0.29) is 5.91 Å². The Labute approximate surface area is 124 Å². The van der Waals surface area contributed by atoms with Crippen LogP contribution in [-0.2, 0) is 9.59 Å². The summed E-state index contributed by atoms with van der Waals surface area (Å²) >= 11 is 1.67. The van der Waals surface area contributed by atoms with Crippen molar-refractivity contribution in [2.45, 2.75) is 32.7 Å². The zero-order chi connectivity index (χ0) is 15.1. The molecule has 1 aromatic rings. The summed E-state index contributed by atoms with van der Waals surface area (Å²) in [5.41, 5.74) is 2.73. The van der Waals surface area contributed by atoms with E-state index in [1.165, 1.54) is 0 Å². The highest BCUT2D eigenvalue weighted by Crippen LogP contribution is 2.18. The van der Waals surface area contributed by atoms with Gasteiger partial charge in [-0.3, -0.25) is 4.79 Å². The summed E-state index contributed by atoms with van der Waals surface area (Å²) in [5.74, 6) is -0.356. The first kappa shape index (κ1) is 16.6. The first-order valence-electron chi connectivity index (χ1n) is 6.54. The monoisotopic (exact) mass is 295 g/mol. The van der Waals surface area contributed by atoms with Crippen LogP contribution in [0.5, 0.6) is 0 Å². The molecule has 1 aromatic carbocycles. The largest absolute Gasteiger partial charge is 0.479 e. The molecule has 0 aliphatic carbocycles. The predicted molar refractivity (Wildman–Crippen MR) is 82.1 cm³/mol. The molecule has 2 N–H and O–H groups in total. The van der Waals surface area contributed by atoms with Gasteiger partial charge < -0.3 is 10.4 Å². The molecule has 0 fully saturated rings. The summed E-state index contributed by atoms with van der Waals surface area (Å²) in [5, 5.41) is 11.9. The maximum absolute atomic E-state index is 11.8. The van der Waals surface area contributed by atoms with Crippen LogP contribution in [0.1, 0.15) is 35.6 Å². The Morgan fingerprint density at radius 3 is 2.55 bits per heavy atom. The van der Waals surface area contributed by atoms with Gasteiger partial charge in [0.25, 0.3) is 0 Å². The summed E-state index contributed by atoms with van der Waals surface area (Å²) in [6, 6.07) is 4.47. The number of nitrogens with one attached hydrogen (secondary N) is 1. The zero-order valence-electron chi connectivity index (χ0n) is 12.1. The number of thioether (sulfide) groups is 1. The van der Waals surface area contributed by atoms with E-state index in [1.54, 1.807) is 17.8 Å². The van der Waals surface area contributed by atoms with Gasteiger partial charge in [-0.2, -0.15) is 11.8 Å². The average molecular weight is 295 g/mol. The summed E-state index contributed by atoms with van der Waals surface area (Å²) in [6.07, 6.45) is 3.09. The van der Waals surface area contributed by atoms with Crippen LogP contribution in [0.4, 0.5) is 0 Å². The molecule has 0 aliphatic heterocycles. The lowest BCUT2D eigenvalue weighted by molar-refractivity contribution is -0.142. The van der Waals surface area contributed by atoms with Crippen molar-refractivity contribution in [3.63, 3.8) is 0 Å². The Balaban J connectivity index is 2.76. The van der Waals surface area contributed by atoms with E-state index in [0.29, 0.717) is 12.0 Å². The van der Waals surface area contributed by atoms with Crippen LogP contribution in [0.25, 0.3) is 0 Å². The quantitative estimate of drug-likeness (QED) is 0.759. The highest BCUT2D eigenvalue weighted by atomic mass is 32.2. The van der Waals surface area contributed by atoms with Crippen molar-refractivity contribution in [2.24, 2.45) is 0 Å². The first-order chi connectivity index (χ1) is 9.45. The van der Waals surface area contributed by atoms with Gasteiger partial charge in [0, 0.05) is 6.42 Å². The lowest BCUT2D eigenvalue weighted by Crippen LogP contribution is -2.33. The van der Waals surface area contributed by atoms with E-state index in [2.05, 4.69) is 5.32 Å². The number of rotatable bonds is 7. The van der Waals surface area contributed by atoms with Gasteiger partial charge in [-0.05, 0) is 49.0 Å². The molecule has 1 amide bonds. The smallest absolute Gasteiger partial charge is 0.330 e. The van der Waals surface area contributed by atoms with Gasteiger partial charge in [0.05, 0.1) is 0 Å². The molecule has 0 heterocycles. The van der Waals surface area contributed by atoms with Crippen molar-refractivity contribution in [2.75, 3.05) is 12.0 Å². The van der Waals surface area contributed by atoms with Crippen molar-refractivity contribution in [1.82, 2.24) is 5.32 Å². The van der Waals surface area contributed by atoms with Crippen molar-refractivity contribution in [3.8, 4) is 0 Å². The van der Waals surface area contributed by atoms with E-state index < -0.39 is 12.0 Å². The summed E-state index contributed by atoms with van der Waals surface area (Å²) in [4.78, 5) is 23.1. The number of amides is 1. The number of hydrogen-bond acceptors (Lipinski definition) is 3. The molecular weight excluding hydrogens is 274 g/mol. The molecular formula is C15H21NO3S. The number of carbonyl (C=O) groups excluding carboxylic acids is 1. The fourth-order valence-electron chi connectivity index (χ4n) is 1.84. The first-order valence-corrected chi connectivity index (χ1v) is 7.93. The standard InChI is InChI=1S/C15H21NO3S/c1-10-6-7-12(9-11(10)2)14(15(18)19)16-13(17)5-4-8-20-3/h6-7,9,14H,4-5,8H2,1-3H3,(H,16,17)(H,18,19). The number of hydrogen-bond donors (Lipinski definition) is 2. The molecule has 1 atom stereocenters. The zero-order valence-corrected chi connectivity index (χ0v) is 12.9. The second-order valence-electron chi connectivity index (χ2n) is 4.78. The van der Waals surface area contributed by atoms with Crippen molar-refractivity contribution < 1.29 is 14.7 Å². The second-order valence-corrected chi connectivity index (χ2v) is 5.76. The van der Waals surface area contributed by atoms with Crippen LogP contribution in [0.3, 0.4) is 0 Å². The SMILES string of the molecule is CSCCCC(=O)NC(C(=O)O)c1ccc(C)c(C)c1. The summed E-state index contributed by atoms with van der Waals surface area (Å²) in [6.45, 7) is 3.90. The Morgan fingerprint density at radius 2 is 2.00 bits per heavy atom. The van der Waals surface area contributed by atoms with Gasteiger partial charge in [0.2, 0.25) is 5.91 Å². The molecule has 110 valence electrons. The van der Waals surface area contributed by atoms with E-state index in [4.69, 9.17) is 0 Å². The normalized spacial score (nSPS) is 11.9. The number of carbonyl (C=O) groups is 2. The number of aliphatic carboxylic acids is 1. The van der Waals surface area contributed by atoms with E-state index >= 15 is 0 Å². The lowest BCUT2D eigenvalue weighted by Gasteiger charge is -2.16. The van der Waals surface area contributed by atoms with Crippen LogP contribution in [-0.4, -0.2) is 29.0 Å². The lowest BCUT2D eigenvalue weighted by atomic mass is 10.0. The van der Waals surface area contributed by atoms with Gasteiger partial charge in [0.1, 0.15) is 0 Å². The van der Waals surface area contributed by atoms with Crippen molar-refractivity contribution in [3.05, 3.63) is 34.9 Å². The molecule has 1 rings (SSSR count). The fourth-order valence-corrected chi connectivity index (χ4v) is 2.28. The fraction of sp³-hybridized carbons (Fsp3) is 0.467. The molecule has 5 heteroatoms. The van der Waals surface area contributed by atoms with Crippen LogP contribution in [0.2, 0.25) is 0 Å². The number of aryl methyl sites for hydroxylation is 2. The topological polar surface area (TPSA) is 66.4 Å². The number of benzene rings is 1. The second kappa shape index (κ2) is 7.94. The molecule has 0 saturated heterocycles. The van der Waals surface area contributed by atoms with Crippen LogP contribution >= 0.6 is 11.8 Å². The third-order valence-electron chi connectivity index (χ3n) is 3.17. The van der Waals surface area contributed by atoms with Gasteiger partial charge in [-0.1, -0.05) is 18.2 Å². The Hall–Kier alpha value is -1.49. The van der Waals surface area contributed by atoms with Crippen LogP contribution < -0.4 is 5.32 Å². The molecule has 4 nitrogen and oxygen atoms in total. The Bertz CT molecular complexity index is 488. The van der Waals surface area contributed by atoms with E-state index in [9.17, 15) is 14.7 Å². The molecule has 0 aliphatic rings. The molecule has 0 radical (unpaired) electrons. The maximum Gasteiger partial charge on any atom is 0.330 e. The minimum Gasteiger partial charge on any atom is -0.479 e. The third kappa shape index (κ3) is 4.89. The molecule has 0 spiro atoms. The highest BCUT2D eigenvalue weighted by molar-refractivity contribution is 7.98. The van der Waals surface area contributed by atoms with Crippen LogP contribution in [0.15, 0.2) is 18.2 Å². The number of carboxylic acid groups (broad SMARTS) is 1. The minimum atomic E-state index is -1.04. The summed E-state index contributed by atoms with van der Waals surface area (Å²) in [7, 11) is 0. The van der Waals surface area contributed by atoms with Gasteiger partial charge in [-0.25, -0.2) is 4.79 Å². The molecule has 20 heavy (non-hydrogen) atoms. The molecule has 0 bridgehead atoms. The highest BCUT2D eigenvalue weighted by Gasteiger charge is 2.22. The van der Waals surface area contributed by atoms with Crippen LogP contribution in [0, 0.1) is 13.8 Å². The van der Waals surface area contributed by atoms with E-state index in [0.717, 1.165) is 23.3 Å². The molecule has 0 saturated carbocycles. The molecule has 0 aromatic heterocycles. The summed E-state index contributed by atoms with van der Waals surface area (Å²) < 4.78 is 0. The Morgan fingerprint density at radius 1 is 1.30 bits per heavy atom. The Kier molecular flexibility index (Phi) is 6.58. The van der Waals surface area contributed by atoms with Crippen molar-refractivity contribution >= 4 is 23.6 Å². The minimum absolute atomic E-state index is 0.218. The van der Waals surface area contributed by atoms with Gasteiger partial charge in [0.15, 0.2) is 6.04 Å². The van der Waals surface area contributed by atoms with Gasteiger partial charge >= 0.3 is 5.97 Å². The molecule has 1 unspecified atom stereocenters. The maximum atomic E-state index is 11.8. The van der Waals surface area contributed by atoms with Gasteiger partial charge in [-0.15, -0.1) is 0 Å². The predicted octanol–water partition coefficient (Wildman–Crippen LogP) is 2.69. The van der Waals surface area contributed by atoms with Crippen molar-refractivity contribution in [1.29, 1.82) is 0 Å². The third-order valence-corrected chi connectivity index (χ3v) is 3.87. The average Bonchev–Trinajstić information content (AvgIpc) is 2.39. The van der Waals surface area contributed by atoms with E-state index in [1.807, 2.05) is 32.2 Å². The number of carboxylic acids is 1.